The van der Waals surface area contributed by atoms with Crippen molar-refractivity contribution in [2.75, 3.05) is 18.5 Å². The van der Waals surface area contributed by atoms with Crippen molar-refractivity contribution in [1.29, 1.82) is 0 Å². The van der Waals surface area contributed by atoms with Crippen LogP contribution in [-0.2, 0) is 0 Å². The molecule has 2 N–H and O–H groups in total. The highest BCUT2D eigenvalue weighted by molar-refractivity contribution is 5.94. The first-order valence-corrected chi connectivity index (χ1v) is 5.96. The maximum Gasteiger partial charge on any atom is 0.337 e. The van der Waals surface area contributed by atoms with Crippen LogP contribution in [0.2, 0.25) is 0 Å². The molecular weight excluding hydrogens is 259 g/mol. The van der Waals surface area contributed by atoms with Crippen LogP contribution in [0.4, 0.5) is 18.9 Å². The van der Waals surface area contributed by atoms with E-state index in [2.05, 4.69) is 5.32 Å². The molecule has 0 aromatic heterocycles. The normalized spacial score (nSPS) is 13.8. The highest BCUT2D eigenvalue weighted by Gasteiger charge is 2.20. The molecule has 0 radical (unpaired) electrons. The van der Waals surface area contributed by atoms with Crippen molar-refractivity contribution in [3.05, 3.63) is 29.8 Å². The highest BCUT2D eigenvalue weighted by atomic mass is 19.2. The number of carboxylic acids is 1. The predicted molar refractivity (Wildman–Crippen MR) is 66.9 cm³/mol. The molecule has 3 nitrogen and oxygen atoms in total. The third-order valence-electron chi connectivity index (χ3n) is 2.65. The Balaban J connectivity index is 2.54. The summed E-state index contributed by atoms with van der Waals surface area (Å²) in [7, 11) is 0. The summed E-state index contributed by atoms with van der Waals surface area (Å²) in [6, 6.07) is 5.98. The van der Waals surface area contributed by atoms with Crippen LogP contribution in [-0.4, -0.2) is 36.6 Å². The van der Waals surface area contributed by atoms with Crippen molar-refractivity contribution in [2.45, 2.75) is 25.2 Å². The fourth-order valence-electron chi connectivity index (χ4n) is 1.61. The summed E-state index contributed by atoms with van der Waals surface area (Å²) in [6.45, 7) is -1.03. The van der Waals surface area contributed by atoms with Crippen LogP contribution in [0, 0.1) is 0 Å². The van der Waals surface area contributed by atoms with Crippen LogP contribution in [0.5, 0.6) is 0 Å². The number of carbonyl (C=O) groups is 1. The number of hydrogen-bond donors (Lipinski definition) is 2. The van der Waals surface area contributed by atoms with Gasteiger partial charge in [0.05, 0.1) is 12.2 Å². The lowest BCUT2D eigenvalue weighted by molar-refractivity contribution is 0.0698. The van der Waals surface area contributed by atoms with E-state index in [0.29, 0.717) is 0 Å². The molecule has 0 spiro atoms. The van der Waals surface area contributed by atoms with Gasteiger partial charge in [0.1, 0.15) is 12.3 Å². The van der Waals surface area contributed by atoms with Gasteiger partial charge in [-0.2, -0.15) is 0 Å². The summed E-state index contributed by atoms with van der Waals surface area (Å²) in [5, 5.41) is 11.5. The van der Waals surface area contributed by atoms with Gasteiger partial charge in [-0.25, -0.2) is 13.6 Å². The fraction of sp³-hybridized carbons (Fsp3) is 0.462. The Bertz CT molecular complexity index is 415. The van der Waals surface area contributed by atoms with Crippen LogP contribution >= 0.6 is 0 Å². The number of para-hydroxylation sites is 1. The first kappa shape index (κ1) is 15.3. The SMILES string of the molecule is O=C(O)c1ccccc1NCC(F)C(F)CCCF. The topological polar surface area (TPSA) is 49.3 Å². The molecule has 6 heteroatoms. The maximum atomic E-state index is 13.4. The Kier molecular flexibility index (Phi) is 6.18. The van der Waals surface area contributed by atoms with Gasteiger partial charge in [0, 0.05) is 12.2 Å². The molecule has 0 aliphatic carbocycles. The monoisotopic (exact) mass is 275 g/mol. The minimum atomic E-state index is -1.80. The summed E-state index contributed by atoms with van der Waals surface area (Å²) < 4.78 is 38.5. The Morgan fingerprint density at radius 2 is 1.95 bits per heavy atom. The molecule has 0 amide bonds. The third kappa shape index (κ3) is 4.81. The first-order valence-electron chi connectivity index (χ1n) is 5.96. The average molecular weight is 275 g/mol. The van der Waals surface area contributed by atoms with E-state index >= 15 is 0 Å². The molecule has 106 valence electrons. The van der Waals surface area contributed by atoms with E-state index in [1.54, 1.807) is 12.1 Å². The van der Waals surface area contributed by atoms with E-state index in [0.717, 1.165) is 0 Å². The minimum absolute atomic E-state index is 0.00568. The largest absolute Gasteiger partial charge is 0.478 e. The van der Waals surface area contributed by atoms with Crippen molar-refractivity contribution >= 4 is 11.7 Å². The quantitative estimate of drug-likeness (QED) is 0.765. The second-order valence-corrected chi connectivity index (χ2v) is 4.09. The van der Waals surface area contributed by atoms with Gasteiger partial charge in [-0.05, 0) is 25.0 Å². The molecule has 1 aromatic carbocycles. The second-order valence-electron chi connectivity index (χ2n) is 4.09. The first-order chi connectivity index (χ1) is 9.06. The predicted octanol–water partition coefficient (Wildman–Crippen LogP) is 3.22. The van der Waals surface area contributed by atoms with Crippen LogP contribution < -0.4 is 5.32 Å². The lowest BCUT2D eigenvalue weighted by Gasteiger charge is -2.15. The number of alkyl halides is 3. The van der Waals surface area contributed by atoms with E-state index in [1.807, 2.05) is 0 Å². The van der Waals surface area contributed by atoms with Crippen molar-refractivity contribution in [3.8, 4) is 0 Å². The van der Waals surface area contributed by atoms with E-state index in [-0.39, 0.29) is 30.6 Å². The number of benzene rings is 1. The number of nitrogens with one attached hydrogen (secondary N) is 1. The maximum absolute atomic E-state index is 13.4. The van der Waals surface area contributed by atoms with Crippen molar-refractivity contribution < 1.29 is 23.1 Å². The number of rotatable bonds is 8. The van der Waals surface area contributed by atoms with Crippen molar-refractivity contribution in [1.82, 2.24) is 0 Å². The number of aromatic carboxylic acids is 1. The van der Waals surface area contributed by atoms with Crippen LogP contribution in [0.1, 0.15) is 23.2 Å². The van der Waals surface area contributed by atoms with Gasteiger partial charge in [0.25, 0.3) is 0 Å². The fourth-order valence-corrected chi connectivity index (χ4v) is 1.61. The Morgan fingerprint density at radius 3 is 2.58 bits per heavy atom. The van der Waals surface area contributed by atoms with Gasteiger partial charge < -0.3 is 10.4 Å². The van der Waals surface area contributed by atoms with Crippen molar-refractivity contribution in [3.63, 3.8) is 0 Å². The molecule has 0 aliphatic heterocycles. The molecule has 2 unspecified atom stereocenters. The lowest BCUT2D eigenvalue weighted by atomic mass is 10.1. The molecule has 0 bridgehead atoms. The number of hydrogen-bond acceptors (Lipinski definition) is 2. The van der Waals surface area contributed by atoms with Crippen LogP contribution in [0.25, 0.3) is 0 Å². The van der Waals surface area contributed by atoms with Crippen LogP contribution in [0.3, 0.4) is 0 Å². The molecule has 19 heavy (non-hydrogen) atoms. The molecule has 1 rings (SSSR count). The Morgan fingerprint density at radius 1 is 1.26 bits per heavy atom. The molecule has 1 aromatic rings. The summed E-state index contributed by atoms with van der Waals surface area (Å²) in [4.78, 5) is 10.9. The minimum Gasteiger partial charge on any atom is -0.478 e. The number of anilines is 1. The molecule has 0 saturated carbocycles. The second kappa shape index (κ2) is 7.66. The lowest BCUT2D eigenvalue weighted by Crippen LogP contribution is -2.26. The summed E-state index contributed by atoms with van der Waals surface area (Å²) in [5.74, 6) is -1.15. The van der Waals surface area contributed by atoms with E-state index in [1.165, 1.54) is 12.1 Å². The summed E-state index contributed by atoms with van der Waals surface area (Å²) in [6.07, 6.45) is -3.75. The van der Waals surface area contributed by atoms with Gasteiger partial charge in [0.2, 0.25) is 0 Å². The van der Waals surface area contributed by atoms with Gasteiger partial charge in [-0.3, -0.25) is 4.39 Å². The van der Waals surface area contributed by atoms with Gasteiger partial charge >= 0.3 is 5.97 Å². The van der Waals surface area contributed by atoms with E-state index in [9.17, 15) is 18.0 Å². The molecule has 0 saturated heterocycles. The smallest absolute Gasteiger partial charge is 0.337 e. The summed E-state index contributed by atoms with van der Waals surface area (Å²) >= 11 is 0. The van der Waals surface area contributed by atoms with E-state index in [4.69, 9.17) is 5.11 Å². The van der Waals surface area contributed by atoms with Crippen molar-refractivity contribution in [2.24, 2.45) is 0 Å². The molecule has 0 aliphatic rings. The van der Waals surface area contributed by atoms with E-state index < -0.39 is 25.0 Å². The highest BCUT2D eigenvalue weighted by Crippen LogP contribution is 2.17. The molecule has 0 heterocycles. The Hall–Kier alpha value is -1.72. The molecule has 2 atom stereocenters. The zero-order chi connectivity index (χ0) is 14.3. The molecule has 0 fully saturated rings. The number of halogens is 3. The standard InChI is InChI=1S/C13H16F3NO2/c14-7-3-5-10(15)11(16)8-17-12-6-2-1-4-9(12)13(18)19/h1-2,4,6,10-11,17H,3,5,7-8H2,(H,18,19). The van der Waals surface area contributed by atoms with Gasteiger partial charge in [0.15, 0.2) is 0 Å². The zero-order valence-corrected chi connectivity index (χ0v) is 10.3. The zero-order valence-electron chi connectivity index (χ0n) is 10.3. The van der Waals surface area contributed by atoms with Gasteiger partial charge in [-0.15, -0.1) is 0 Å². The Labute approximate surface area is 109 Å². The average Bonchev–Trinajstić information content (AvgIpc) is 2.42. The number of carboxylic acid groups (broad SMARTS) is 1. The summed E-state index contributed by atoms with van der Waals surface area (Å²) in [5.41, 5.74) is 0.226. The molecular formula is C13H16F3NO2. The third-order valence-corrected chi connectivity index (χ3v) is 2.65. The van der Waals surface area contributed by atoms with Gasteiger partial charge in [-0.1, -0.05) is 12.1 Å². The van der Waals surface area contributed by atoms with Crippen LogP contribution in [0.15, 0.2) is 24.3 Å².